The number of hydrogen-bond donors (Lipinski definition) is 3. The van der Waals surface area contributed by atoms with E-state index in [1.54, 1.807) is 6.92 Å². The minimum atomic E-state index is -0.869. The number of nitrogens with one attached hydrogen (secondary N) is 2. The summed E-state index contributed by atoms with van der Waals surface area (Å²) in [5.74, 6) is 3.38. The van der Waals surface area contributed by atoms with Crippen molar-refractivity contribution in [3.8, 4) is 0 Å². The summed E-state index contributed by atoms with van der Waals surface area (Å²) in [6.07, 6.45) is 0. The predicted octanol–water partition coefficient (Wildman–Crippen LogP) is 2.97. The third kappa shape index (κ3) is 3.53. The topological polar surface area (TPSA) is 80.0 Å². The van der Waals surface area contributed by atoms with Gasteiger partial charge in [0.05, 0.1) is 10.2 Å². The molecule has 1 amide bonds. The van der Waals surface area contributed by atoms with Crippen molar-refractivity contribution >= 4 is 33.3 Å². The Hall–Kier alpha value is -2.06. The van der Waals surface area contributed by atoms with Gasteiger partial charge in [-0.2, -0.15) is 0 Å². The number of aryl methyl sites for hydroxylation is 1. The van der Waals surface area contributed by atoms with Crippen molar-refractivity contribution in [2.45, 2.75) is 6.92 Å². The third-order valence-corrected chi connectivity index (χ3v) is 3.23. The summed E-state index contributed by atoms with van der Waals surface area (Å²) in [5.41, 5.74) is 3.01. The molecule has 0 bridgehead atoms. The summed E-state index contributed by atoms with van der Waals surface area (Å²) < 4.78 is 26.8. The molecule has 0 atom stereocenters. The number of nitrogens with two attached hydrogens (primary N) is 1. The molecule has 0 saturated carbocycles. The van der Waals surface area contributed by atoms with Crippen LogP contribution in [-0.2, 0) is 0 Å². The molecule has 1 heterocycles. The van der Waals surface area contributed by atoms with Crippen LogP contribution in [0.3, 0.4) is 0 Å². The fourth-order valence-electron chi connectivity index (χ4n) is 1.69. The lowest BCUT2D eigenvalue weighted by atomic mass is 10.2. The minimum absolute atomic E-state index is 0.0504. The molecule has 0 unspecified atom stereocenters. The van der Waals surface area contributed by atoms with Crippen LogP contribution in [0.15, 0.2) is 28.7 Å². The quantitative estimate of drug-likeness (QED) is 0.448. The molecule has 0 aliphatic carbocycles. The van der Waals surface area contributed by atoms with Gasteiger partial charge in [0.2, 0.25) is 0 Å². The highest BCUT2D eigenvalue weighted by Crippen LogP contribution is 2.24. The number of hydrazine groups is 1. The Morgan fingerprint density at radius 1 is 1.24 bits per heavy atom. The number of aromatic nitrogens is 1. The van der Waals surface area contributed by atoms with Crippen molar-refractivity contribution in [2.75, 3.05) is 10.7 Å². The van der Waals surface area contributed by atoms with Gasteiger partial charge < -0.3 is 10.7 Å². The van der Waals surface area contributed by atoms with Crippen molar-refractivity contribution in [3.63, 3.8) is 0 Å². The second kappa shape index (κ2) is 6.15. The van der Waals surface area contributed by atoms with Crippen molar-refractivity contribution in [1.82, 2.24) is 4.98 Å². The van der Waals surface area contributed by atoms with E-state index < -0.39 is 17.5 Å². The molecule has 8 heteroatoms. The maximum Gasteiger partial charge on any atom is 0.255 e. The van der Waals surface area contributed by atoms with E-state index in [0.717, 1.165) is 6.07 Å². The molecule has 0 aliphatic rings. The van der Waals surface area contributed by atoms with E-state index in [9.17, 15) is 13.6 Å². The number of halogens is 3. The maximum absolute atomic E-state index is 13.6. The lowest BCUT2D eigenvalue weighted by molar-refractivity contribution is 0.102. The Labute approximate surface area is 127 Å². The zero-order valence-corrected chi connectivity index (χ0v) is 12.5. The molecule has 4 N–H and O–H groups in total. The molecule has 2 rings (SSSR count). The number of carbonyl (C=O) groups excluding carboxylic acids is 1. The van der Waals surface area contributed by atoms with E-state index >= 15 is 0 Å². The summed E-state index contributed by atoms with van der Waals surface area (Å²) in [6, 6.07) is 4.77. The number of hydrogen-bond acceptors (Lipinski definition) is 4. The van der Waals surface area contributed by atoms with Gasteiger partial charge in [0.15, 0.2) is 0 Å². The molecule has 0 fully saturated rings. The molecule has 2 aromatic rings. The zero-order valence-electron chi connectivity index (χ0n) is 10.9. The van der Waals surface area contributed by atoms with Gasteiger partial charge in [0, 0.05) is 17.3 Å². The summed E-state index contributed by atoms with van der Waals surface area (Å²) >= 11 is 2.93. The molecule has 0 saturated heterocycles. The fourth-order valence-corrected chi connectivity index (χ4v) is 2.03. The van der Waals surface area contributed by atoms with E-state index in [-0.39, 0.29) is 15.7 Å². The fraction of sp³-hybridized carbons (Fsp3) is 0.0769. The maximum atomic E-state index is 13.6. The minimum Gasteiger partial charge on any atom is -0.319 e. The summed E-state index contributed by atoms with van der Waals surface area (Å²) in [7, 11) is 0. The summed E-state index contributed by atoms with van der Waals surface area (Å²) in [6.45, 7) is 1.69. The van der Waals surface area contributed by atoms with Crippen LogP contribution < -0.4 is 16.6 Å². The van der Waals surface area contributed by atoms with Crippen LogP contribution in [0.1, 0.15) is 16.1 Å². The molecule has 0 radical (unpaired) electrons. The Morgan fingerprint density at radius 2 is 1.95 bits per heavy atom. The summed E-state index contributed by atoms with van der Waals surface area (Å²) in [4.78, 5) is 16.1. The standard InChI is InChI=1S/C13H11BrF2N4O/c1-6-2-7(3-12(18-6)20-17)13(21)19-11-4-8(14)9(15)5-10(11)16/h2-5H,17H2,1H3,(H,18,20)(H,19,21). The van der Waals surface area contributed by atoms with Gasteiger partial charge >= 0.3 is 0 Å². The van der Waals surface area contributed by atoms with Gasteiger partial charge in [-0.15, -0.1) is 0 Å². The molecule has 21 heavy (non-hydrogen) atoms. The van der Waals surface area contributed by atoms with Crippen molar-refractivity contribution in [2.24, 2.45) is 5.84 Å². The third-order valence-electron chi connectivity index (χ3n) is 2.62. The smallest absolute Gasteiger partial charge is 0.255 e. The molecule has 1 aromatic carbocycles. The number of nitrogens with zero attached hydrogens (tertiary/aromatic N) is 1. The first-order valence-electron chi connectivity index (χ1n) is 5.82. The summed E-state index contributed by atoms with van der Waals surface area (Å²) in [5, 5.41) is 2.37. The molecule has 0 aliphatic heterocycles. The first kappa shape index (κ1) is 15.3. The van der Waals surface area contributed by atoms with Gasteiger partial charge in [-0.05, 0) is 41.1 Å². The van der Waals surface area contributed by atoms with Gasteiger partial charge in [0.1, 0.15) is 17.5 Å². The van der Waals surface area contributed by atoms with E-state index in [1.807, 2.05) is 0 Å². The molecule has 110 valence electrons. The van der Waals surface area contributed by atoms with Gasteiger partial charge in [0.25, 0.3) is 5.91 Å². The molecular weight excluding hydrogens is 346 g/mol. The van der Waals surface area contributed by atoms with Crippen LogP contribution in [0.2, 0.25) is 0 Å². The predicted molar refractivity (Wildman–Crippen MR) is 78.8 cm³/mol. The van der Waals surface area contributed by atoms with Crippen molar-refractivity contribution in [3.05, 3.63) is 51.6 Å². The van der Waals surface area contributed by atoms with E-state index in [0.29, 0.717) is 17.6 Å². The van der Waals surface area contributed by atoms with Crippen LogP contribution in [0, 0.1) is 18.6 Å². The van der Waals surface area contributed by atoms with Gasteiger partial charge in [-0.25, -0.2) is 19.6 Å². The molecule has 5 nitrogen and oxygen atoms in total. The highest BCUT2D eigenvalue weighted by Gasteiger charge is 2.13. The molecule has 0 spiro atoms. The molecular formula is C13H11BrF2N4O. The van der Waals surface area contributed by atoms with Gasteiger partial charge in [-0.3, -0.25) is 4.79 Å². The second-order valence-corrected chi connectivity index (χ2v) is 5.08. The van der Waals surface area contributed by atoms with E-state index in [4.69, 9.17) is 5.84 Å². The van der Waals surface area contributed by atoms with Crippen LogP contribution in [0.4, 0.5) is 20.3 Å². The number of benzene rings is 1. The van der Waals surface area contributed by atoms with Crippen LogP contribution in [-0.4, -0.2) is 10.9 Å². The Balaban J connectivity index is 2.30. The zero-order chi connectivity index (χ0) is 15.6. The van der Waals surface area contributed by atoms with Crippen LogP contribution >= 0.6 is 15.9 Å². The number of anilines is 2. The average Bonchev–Trinajstić information content (AvgIpc) is 2.43. The van der Waals surface area contributed by atoms with E-state index in [1.165, 1.54) is 12.1 Å². The normalized spacial score (nSPS) is 10.3. The van der Waals surface area contributed by atoms with Crippen LogP contribution in [0.25, 0.3) is 0 Å². The second-order valence-electron chi connectivity index (χ2n) is 4.23. The lowest BCUT2D eigenvalue weighted by Crippen LogP contribution is -2.16. The first-order valence-corrected chi connectivity index (χ1v) is 6.61. The lowest BCUT2D eigenvalue weighted by Gasteiger charge is -2.09. The largest absolute Gasteiger partial charge is 0.319 e. The number of amides is 1. The molecule has 1 aromatic heterocycles. The average molecular weight is 357 g/mol. The Morgan fingerprint density at radius 3 is 2.62 bits per heavy atom. The highest BCUT2D eigenvalue weighted by atomic mass is 79.9. The van der Waals surface area contributed by atoms with Crippen molar-refractivity contribution in [1.29, 1.82) is 0 Å². The van der Waals surface area contributed by atoms with E-state index in [2.05, 4.69) is 31.7 Å². The number of rotatable bonds is 3. The highest BCUT2D eigenvalue weighted by molar-refractivity contribution is 9.10. The number of nitrogen functional groups attached to an aromatic ring is 1. The van der Waals surface area contributed by atoms with Crippen LogP contribution in [0.5, 0.6) is 0 Å². The Kier molecular flexibility index (Phi) is 4.49. The van der Waals surface area contributed by atoms with Crippen molar-refractivity contribution < 1.29 is 13.6 Å². The van der Waals surface area contributed by atoms with Gasteiger partial charge in [-0.1, -0.05) is 0 Å². The SMILES string of the molecule is Cc1cc(C(=O)Nc2cc(Br)c(F)cc2F)cc(NN)n1. The number of carbonyl (C=O) groups is 1. The first-order chi connectivity index (χ1) is 9.90. The number of pyridine rings is 1. The Bertz CT molecular complexity index is 709. The monoisotopic (exact) mass is 356 g/mol.